The fourth-order valence-corrected chi connectivity index (χ4v) is 2.16. The maximum atomic E-state index is 11.7. The first-order valence-electron chi connectivity index (χ1n) is 4.62. The fraction of sp³-hybridized carbons (Fsp3) is 0.222. The second-order valence-electron chi connectivity index (χ2n) is 3.00. The smallest absolute Gasteiger partial charge is 0.328 e. The number of benzene rings is 1. The van der Waals surface area contributed by atoms with Crippen molar-refractivity contribution in [2.24, 2.45) is 0 Å². The highest BCUT2D eigenvalue weighted by Gasteiger charge is 2.19. The SMILES string of the molecule is CCNC(=O)NS(=O)(=O)c1ccccc1N. The minimum Gasteiger partial charge on any atom is -0.398 e. The van der Waals surface area contributed by atoms with Crippen LogP contribution in [0.25, 0.3) is 0 Å². The average molecular weight is 243 g/mol. The van der Waals surface area contributed by atoms with Gasteiger partial charge in [0.25, 0.3) is 10.0 Å². The van der Waals surface area contributed by atoms with Crippen LogP contribution >= 0.6 is 0 Å². The van der Waals surface area contributed by atoms with Crippen LogP contribution in [0, 0.1) is 0 Å². The lowest BCUT2D eigenvalue weighted by Crippen LogP contribution is -2.39. The van der Waals surface area contributed by atoms with Crippen LogP contribution in [0.1, 0.15) is 6.92 Å². The van der Waals surface area contributed by atoms with Crippen molar-refractivity contribution in [3.8, 4) is 0 Å². The van der Waals surface area contributed by atoms with Crippen LogP contribution in [-0.2, 0) is 10.0 Å². The van der Waals surface area contributed by atoms with Crippen molar-refractivity contribution in [1.29, 1.82) is 0 Å². The van der Waals surface area contributed by atoms with Crippen molar-refractivity contribution in [3.05, 3.63) is 24.3 Å². The Morgan fingerprint density at radius 3 is 2.56 bits per heavy atom. The molecule has 1 rings (SSSR count). The van der Waals surface area contributed by atoms with Gasteiger partial charge in [0.05, 0.1) is 5.69 Å². The number of nitrogens with one attached hydrogen (secondary N) is 2. The van der Waals surface area contributed by atoms with E-state index in [1.807, 2.05) is 4.72 Å². The minimum atomic E-state index is -3.90. The average Bonchev–Trinajstić information content (AvgIpc) is 2.17. The summed E-state index contributed by atoms with van der Waals surface area (Å²) in [5.41, 5.74) is 5.60. The highest BCUT2D eigenvalue weighted by molar-refractivity contribution is 7.90. The topological polar surface area (TPSA) is 101 Å². The molecule has 0 heterocycles. The molecule has 0 saturated carbocycles. The number of sulfonamides is 1. The van der Waals surface area contributed by atoms with Crippen molar-refractivity contribution in [2.75, 3.05) is 12.3 Å². The van der Waals surface area contributed by atoms with Gasteiger partial charge in [-0.25, -0.2) is 17.9 Å². The third kappa shape index (κ3) is 2.86. The molecule has 7 heteroatoms. The Hall–Kier alpha value is -1.76. The lowest BCUT2D eigenvalue weighted by molar-refractivity contribution is 0.246. The molecule has 0 aliphatic heterocycles. The molecule has 1 aromatic carbocycles. The van der Waals surface area contributed by atoms with Gasteiger partial charge in [0.1, 0.15) is 4.90 Å². The Kier molecular flexibility index (Phi) is 3.73. The summed E-state index contributed by atoms with van der Waals surface area (Å²) in [6.07, 6.45) is 0. The van der Waals surface area contributed by atoms with Crippen molar-refractivity contribution < 1.29 is 13.2 Å². The molecule has 0 bridgehead atoms. The molecule has 0 fully saturated rings. The van der Waals surface area contributed by atoms with E-state index in [1.165, 1.54) is 18.2 Å². The Morgan fingerprint density at radius 2 is 2.00 bits per heavy atom. The maximum absolute atomic E-state index is 11.7. The van der Waals surface area contributed by atoms with Crippen LogP contribution in [0.3, 0.4) is 0 Å². The largest absolute Gasteiger partial charge is 0.398 e. The first kappa shape index (κ1) is 12.3. The summed E-state index contributed by atoms with van der Waals surface area (Å²) in [6.45, 7) is 2.02. The first-order valence-corrected chi connectivity index (χ1v) is 6.11. The number of hydrogen-bond donors (Lipinski definition) is 3. The van der Waals surface area contributed by atoms with Gasteiger partial charge in [0.2, 0.25) is 0 Å². The second kappa shape index (κ2) is 4.84. The third-order valence-corrected chi connectivity index (χ3v) is 3.18. The molecule has 0 radical (unpaired) electrons. The van der Waals surface area contributed by atoms with Gasteiger partial charge in [-0.05, 0) is 19.1 Å². The number of carbonyl (C=O) groups excluding carboxylic acids is 1. The molecule has 6 nitrogen and oxygen atoms in total. The maximum Gasteiger partial charge on any atom is 0.328 e. The fourth-order valence-electron chi connectivity index (χ4n) is 1.10. The zero-order valence-electron chi connectivity index (χ0n) is 8.73. The number of nitrogen functional groups attached to an aromatic ring is 1. The molecule has 0 aliphatic carbocycles. The normalized spacial score (nSPS) is 10.8. The van der Waals surface area contributed by atoms with Gasteiger partial charge in [0, 0.05) is 6.54 Å². The minimum absolute atomic E-state index is 0.0966. The summed E-state index contributed by atoms with van der Waals surface area (Å²) in [4.78, 5) is 11.0. The highest BCUT2D eigenvalue weighted by atomic mass is 32.2. The van der Waals surface area contributed by atoms with E-state index in [9.17, 15) is 13.2 Å². The molecule has 4 N–H and O–H groups in total. The van der Waals surface area contributed by atoms with E-state index in [-0.39, 0.29) is 10.6 Å². The molecule has 0 unspecified atom stereocenters. The van der Waals surface area contributed by atoms with E-state index in [1.54, 1.807) is 13.0 Å². The number of nitrogens with two attached hydrogens (primary N) is 1. The van der Waals surface area contributed by atoms with Gasteiger partial charge in [-0.2, -0.15) is 0 Å². The Balaban J connectivity index is 2.95. The molecule has 16 heavy (non-hydrogen) atoms. The lowest BCUT2D eigenvalue weighted by atomic mass is 10.3. The van der Waals surface area contributed by atoms with Crippen molar-refractivity contribution in [2.45, 2.75) is 11.8 Å². The van der Waals surface area contributed by atoms with E-state index >= 15 is 0 Å². The highest BCUT2D eigenvalue weighted by Crippen LogP contribution is 2.16. The lowest BCUT2D eigenvalue weighted by Gasteiger charge is -2.08. The number of rotatable bonds is 3. The van der Waals surface area contributed by atoms with Crippen molar-refractivity contribution in [3.63, 3.8) is 0 Å². The molecule has 1 aromatic rings. The van der Waals surface area contributed by atoms with E-state index in [0.717, 1.165) is 0 Å². The molecular formula is C9H13N3O3S. The second-order valence-corrected chi connectivity index (χ2v) is 4.65. The van der Waals surface area contributed by atoms with E-state index in [0.29, 0.717) is 6.54 Å². The molecule has 0 aromatic heterocycles. The van der Waals surface area contributed by atoms with Gasteiger partial charge in [-0.3, -0.25) is 0 Å². The molecule has 2 amide bonds. The number of anilines is 1. The summed E-state index contributed by atoms with van der Waals surface area (Å²) >= 11 is 0. The molecule has 0 aliphatic rings. The standard InChI is InChI=1S/C9H13N3O3S/c1-2-11-9(13)12-16(14,15)8-6-4-3-5-7(8)10/h3-6H,2,10H2,1H3,(H2,11,12,13). The van der Waals surface area contributed by atoms with Gasteiger partial charge in [0.15, 0.2) is 0 Å². The number of urea groups is 1. The Morgan fingerprint density at radius 1 is 1.38 bits per heavy atom. The number of amides is 2. The van der Waals surface area contributed by atoms with E-state index in [2.05, 4.69) is 5.32 Å². The summed E-state index contributed by atoms with van der Waals surface area (Å²) < 4.78 is 25.2. The number of hydrogen-bond acceptors (Lipinski definition) is 4. The van der Waals surface area contributed by atoms with Gasteiger partial charge in [-0.15, -0.1) is 0 Å². The summed E-state index contributed by atoms with van der Waals surface area (Å²) in [7, 11) is -3.90. The Bertz CT molecular complexity index is 485. The predicted octanol–water partition coefficient (Wildman–Crippen LogP) is 0.277. The number of para-hydroxylation sites is 1. The van der Waals surface area contributed by atoms with E-state index < -0.39 is 16.1 Å². The van der Waals surface area contributed by atoms with Crippen LogP contribution in [0.4, 0.5) is 10.5 Å². The van der Waals surface area contributed by atoms with Crippen LogP contribution in [0.15, 0.2) is 29.2 Å². The summed E-state index contributed by atoms with van der Waals surface area (Å²) in [5, 5.41) is 2.32. The Labute approximate surface area is 93.9 Å². The monoisotopic (exact) mass is 243 g/mol. The van der Waals surface area contributed by atoms with Crippen molar-refractivity contribution in [1.82, 2.24) is 10.0 Å². The van der Waals surface area contributed by atoms with Crippen LogP contribution in [0.5, 0.6) is 0 Å². The van der Waals surface area contributed by atoms with Crippen molar-refractivity contribution >= 4 is 21.7 Å². The molecule has 0 spiro atoms. The molecule has 0 atom stereocenters. The zero-order valence-corrected chi connectivity index (χ0v) is 9.54. The quantitative estimate of drug-likeness (QED) is 0.663. The number of carbonyl (C=O) groups is 1. The first-order chi connectivity index (χ1) is 7.47. The molecule has 88 valence electrons. The van der Waals surface area contributed by atoms with Gasteiger partial charge in [-0.1, -0.05) is 12.1 Å². The van der Waals surface area contributed by atoms with Gasteiger partial charge < -0.3 is 11.1 Å². The summed E-state index contributed by atoms with van der Waals surface area (Å²) in [6, 6.07) is 5.15. The zero-order chi connectivity index (χ0) is 12.2. The van der Waals surface area contributed by atoms with Crippen LogP contribution in [-0.4, -0.2) is 21.0 Å². The molecule has 0 saturated heterocycles. The van der Waals surface area contributed by atoms with Crippen LogP contribution < -0.4 is 15.8 Å². The van der Waals surface area contributed by atoms with Crippen LogP contribution in [0.2, 0.25) is 0 Å². The van der Waals surface area contributed by atoms with Gasteiger partial charge >= 0.3 is 6.03 Å². The predicted molar refractivity (Wildman–Crippen MR) is 60.2 cm³/mol. The summed E-state index contributed by atoms with van der Waals surface area (Å²) in [5.74, 6) is 0. The molecular weight excluding hydrogens is 230 g/mol. The van der Waals surface area contributed by atoms with E-state index in [4.69, 9.17) is 5.73 Å². The third-order valence-electron chi connectivity index (χ3n) is 1.77.